The third-order valence-electron chi connectivity index (χ3n) is 8.82. The molecule has 4 rings (SSSR count). The first-order valence-electron chi connectivity index (χ1n) is 15.2. The van der Waals surface area contributed by atoms with Gasteiger partial charge in [-0.3, -0.25) is 19.2 Å². The Morgan fingerprint density at radius 3 is 2.27 bits per heavy atom. The largest absolute Gasteiger partial charge is 0.497 e. The maximum atomic E-state index is 14.0. The van der Waals surface area contributed by atoms with Gasteiger partial charge in [-0.05, 0) is 44.9 Å². The summed E-state index contributed by atoms with van der Waals surface area (Å²) in [7, 11) is 6.62. The summed E-state index contributed by atoms with van der Waals surface area (Å²) in [6, 6.07) is 4.38. The van der Waals surface area contributed by atoms with Crippen molar-refractivity contribution in [1.82, 2.24) is 30.3 Å². The summed E-state index contributed by atoms with van der Waals surface area (Å²) in [5.41, 5.74) is 1.29. The topological polar surface area (TPSA) is 134 Å². The Morgan fingerprint density at radius 2 is 1.66 bits per heavy atom. The highest BCUT2D eigenvalue weighted by Gasteiger charge is 2.37. The van der Waals surface area contributed by atoms with Crippen LogP contribution in [0.1, 0.15) is 59.9 Å². The molecule has 1 saturated carbocycles. The summed E-state index contributed by atoms with van der Waals surface area (Å²) in [5.74, 6) is -0.196. The lowest BCUT2D eigenvalue weighted by atomic mass is 9.83. The number of carbonyl (C=O) groups excluding carboxylic acids is 4. The van der Waals surface area contributed by atoms with Crippen molar-refractivity contribution in [2.75, 3.05) is 60.6 Å². The van der Waals surface area contributed by atoms with Crippen molar-refractivity contribution < 1.29 is 28.7 Å². The Bertz CT molecular complexity index is 1320. The predicted molar refractivity (Wildman–Crippen MR) is 170 cm³/mol. The first-order valence-corrected chi connectivity index (χ1v) is 15.2. The van der Waals surface area contributed by atoms with Crippen LogP contribution < -0.4 is 20.7 Å². The van der Waals surface area contributed by atoms with Crippen molar-refractivity contribution in [3.8, 4) is 5.75 Å². The van der Waals surface area contributed by atoms with E-state index in [0.717, 1.165) is 32.1 Å². The maximum absolute atomic E-state index is 14.0. The molecule has 2 aliphatic rings. The van der Waals surface area contributed by atoms with Crippen LogP contribution in [0, 0.1) is 5.92 Å². The number of aryl methyl sites for hydroxylation is 1. The highest BCUT2D eigenvalue weighted by molar-refractivity contribution is 6.16. The molecular weight excluding hydrogens is 588 g/mol. The summed E-state index contributed by atoms with van der Waals surface area (Å²) in [6.07, 6.45) is 5.06. The molecule has 1 aromatic carbocycles. The van der Waals surface area contributed by atoms with Crippen molar-refractivity contribution in [3.63, 3.8) is 0 Å². The van der Waals surface area contributed by atoms with Crippen LogP contribution in [0.15, 0.2) is 18.2 Å². The molecule has 13 heteroatoms. The average Bonchev–Trinajstić information content (AvgIpc) is 3.34. The molecule has 0 unspecified atom stereocenters. The fourth-order valence-electron chi connectivity index (χ4n) is 6.11. The molecule has 244 valence electrons. The second kappa shape index (κ2) is 16.1. The number of hydrogen-bond donors (Lipinski definition) is 3. The standard InChI is InChI=1S/C31H46N6O6.ClH/c1-20(32-2)28(38)34-26(21-9-7-6-8-10-21)30(40)36-14-16-37(17-15-36)31(41)27-25(29(39)33-13-18-42-4)23-12-11-22(43-5)19-24(23)35(27)3;/h11-12,19-21,26,32H,6-10,13-18H2,1-5H3,(H,33,39)(H,34,38);1H/t20-,26-;/m0./s1. The number of methoxy groups -OCH3 is 2. The zero-order valence-electron chi connectivity index (χ0n) is 26.4. The molecular formula is C31H47ClN6O6. The summed E-state index contributed by atoms with van der Waals surface area (Å²) in [6.45, 7) is 3.76. The number of rotatable bonds is 11. The van der Waals surface area contributed by atoms with Crippen LogP contribution in [0.4, 0.5) is 0 Å². The zero-order valence-corrected chi connectivity index (χ0v) is 27.3. The second-order valence-corrected chi connectivity index (χ2v) is 11.4. The number of benzene rings is 1. The summed E-state index contributed by atoms with van der Waals surface area (Å²) in [4.78, 5) is 57.4. The van der Waals surface area contributed by atoms with E-state index in [4.69, 9.17) is 9.47 Å². The number of nitrogens with one attached hydrogen (secondary N) is 3. The molecule has 2 aromatic rings. The highest BCUT2D eigenvalue weighted by atomic mass is 35.5. The van der Waals surface area contributed by atoms with Gasteiger partial charge in [-0.1, -0.05) is 19.3 Å². The summed E-state index contributed by atoms with van der Waals surface area (Å²) < 4.78 is 12.2. The molecule has 2 fully saturated rings. The van der Waals surface area contributed by atoms with Gasteiger partial charge in [-0.2, -0.15) is 0 Å². The number of aromatic nitrogens is 1. The van der Waals surface area contributed by atoms with E-state index in [-0.39, 0.29) is 47.6 Å². The highest BCUT2D eigenvalue weighted by Crippen LogP contribution is 2.31. The fraction of sp³-hybridized carbons (Fsp3) is 0.613. The van der Waals surface area contributed by atoms with Gasteiger partial charge in [0.25, 0.3) is 11.8 Å². The first-order chi connectivity index (χ1) is 20.7. The van der Waals surface area contributed by atoms with Gasteiger partial charge in [0.15, 0.2) is 0 Å². The van der Waals surface area contributed by atoms with Crippen molar-refractivity contribution in [1.29, 1.82) is 0 Å². The van der Waals surface area contributed by atoms with E-state index in [1.54, 1.807) is 61.7 Å². The molecule has 0 spiro atoms. The summed E-state index contributed by atoms with van der Waals surface area (Å²) >= 11 is 0. The van der Waals surface area contributed by atoms with Gasteiger partial charge in [0.2, 0.25) is 11.8 Å². The Hall–Kier alpha value is -3.35. The van der Waals surface area contributed by atoms with Crippen LogP contribution in [0.25, 0.3) is 10.9 Å². The number of hydrogen-bond acceptors (Lipinski definition) is 7. The molecule has 44 heavy (non-hydrogen) atoms. The number of amides is 4. The lowest BCUT2D eigenvalue weighted by Gasteiger charge is -2.39. The van der Waals surface area contributed by atoms with Crippen LogP contribution >= 0.6 is 12.4 Å². The average molecular weight is 635 g/mol. The quantitative estimate of drug-likeness (QED) is 0.322. The van der Waals surface area contributed by atoms with Gasteiger partial charge in [-0.25, -0.2) is 0 Å². The Labute approximate surface area is 265 Å². The molecule has 1 aliphatic carbocycles. The zero-order chi connectivity index (χ0) is 31.1. The number of carbonyl (C=O) groups is 4. The Morgan fingerprint density at radius 1 is 1.00 bits per heavy atom. The van der Waals surface area contributed by atoms with Crippen molar-refractivity contribution >= 4 is 46.9 Å². The van der Waals surface area contributed by atoms with Gasteiger partial charge in [0.1, 0.15) is 17.5 Å². The molecule has 4 amide bonds. The molecule has 1 saturated heterocycles. The number of likely N-dealkylation sites (N-methyl/N-ethyl adjacent to an activating group) is 1. The van der Waals surface area contributed by atoms with Crippen LogP contribution in [-0.4, -0.2) is 111 Å². The minimum Gasteiger partial charge on any atom is -0.497 e. The van der Waals surface area contributed by atoms with Crippen molar-refractivity contribution in [2.24, 2.45) is 13.0 Å². The number of fused-ring (bicyclic) bond motifs is 1. The molecule has 0 radical (unpaired) electrons. The van der Waals surface area contributed by atoms with Crippen LogP contribution in [0.3, 0.4) is 0 Å². The number of ether oxygens (including phenoxy) is 2. The molecule has 12 nitrogen and oxygen atoms in total. The molecule has 2 heterocycles. The first kappa shape index (κ1) is 35.1. The van der Waals surface area contributed by atoms with E-state index in [9.17, 15) is 19.2 Å². The Balaban J connectivity index is 0.00000529. The van der Waals surface area contributed by atoms with E-state index < -0.39 is 12.1 Å². The van der Waals surface area contributed by atoms with Gasteiger partial charge in [0, 0.05) is 58.3 Å². The minimum atomic E-state index is -0.582. The minimum absolute atomic E-state index is 0. The van der Waals surface area contributed by atoms with Gasteiger partial charge < -0.3 is 39.8 Å². The third kappa shape index (κ3) is 7.65. The van der Waals surface area contributed by atoms with E-state index >= 15 is 0 Å². The monoisotopic (exact) mass is 634 g/mol. The molecule has 2 atom stereocenters. The molecule has 1 aliphatic heterocycles. The van der Waals surface area contributed by atoms with Gasteiger partial charge >= 0.3 is 0 Å². The van der Waals surface area contributed by atoms with Crippen molar-refractivity contribution in [3.05, 3.63) is 29.5 Å². The van der Waals surface area contributed by atoms with Gasteiger partial charge in [-0.15, -0.1) is 12.4 Å². The third-order valence-corrected chi connectivity index (χ3v) is 8.82. The predicted octanol–water partition coefficient (Wildman–Crippen LogP) is 1.94. The summed E-state index contributed by atoms with van der Waals surface area (Å²) in [5, 5.41) is 9.48. The SMILES string of the molecule is CN[C@@H](C)C(=O)N[C@H](C(=O)N1CCN(C(=O)c2c(C(=O)NCCOC)c3ccc(OC)cc3n2C)CC1)C1CCCCC1.Cl. The number of halogens is 1. The lowest BCUT2D eigenvalue weighted by Crippen LogP contribution is -2.59. The van der Waals surface area contributed by atoms with Crippen LogP contribution in [0.2, 0.25) is 0 Å². The maximum Gasteiger partial charge on any atom is 0.271 e. The fourth-order valence-corrected chi connectivity index (χ4v) is 6.11. The van der Waals surface area contributed by atoms with Crippen LogP contribution in [-0.2, 0) is 21.4 Å². The normalized spacial score (nSPS) is 17.0. The smallest absolute Gasteiger partial charge is 0.271 e. The second-order valence-electron chi connectivity index (χ2n) is 11.4. The van der Waals surface area contributed by atoms with Crippen molar-refractivity contribution in [2.45, 2.75) is 51.1 Å². The molecule has 3 N–H and O–H groups in total. The number of piperazine rings is 1. The van der Waals surface area contributed by atoms with E-state index in [1.807, 2.05) is 6.07 Å². The van der Waals surface area contributed by atoms with E-state index in [0.29, 0.717) is 61.5 Å². The molecule has 1 aromatic heterocycles. The lowest BCUT2D eigenvalue weighted by molar-refractivity contribution is -0.140. The van der Waals surface area contributed by atoms with Crippen LogP contribution in [0.5, 0.6) is 5.75 Å². The van der Waals surface area contributed by atoms with Gasteiger partial charge in [0.05, 0.1) is 30.8 Å². The van der Waals surface area contributed by atoms with E-state index in [2.05, 4.69) is 16.0 Å². The molecule has 0 bridgehead atoms. The number of nitrogens with zero attached hydrogens (tertiary/aromatic N) is 3. The van der Waals surface area contributed by atoms with E-state index in [1.165, 1.54) is 0 Å². The Kier molecular flexibility index (Phi) is 12.9.